The smallest absolute Gasteiger partial charge is 0.0364 e. The molecule has 0 radical (unpaired) electrons. The van der Waals surface area contributed by atoms with Gasteiger partial charge in [0.1, 0.15) is 0 Å². The first-order chi connectivity index (χ1) is 5.77. The second kappa shape index (κ2) is 4.68. The highest BCUT2D eigenvalue weighted by Crippen LogP contribution is 2.17. The molecule has 0 fully saturated rings. The summed E-state index contributed by atoms with van der Waals surface area (Å²) in [5.41, 5.74) is 0. The van der Waals surface area contributed by atoms with Gasteiger partial charge in [-0.25, -0.2) is 0 Å². The first kappa shape index (κ1) is 9.82. The van der Waals surface area contributed by atoms with Crippen molar-refractivity contribution in [2.24, 2.45) is 0 Å². The van der Waals surface area contributed by atoms with Gasteiger partial charge >= 0.3 is 0 Å². The molecular weight excluding hydrogens is 170 g/mol. The first-order valence-electron chi connectivity index (χ1n) is 4.55. The number of nitrogens with zero attached hydrogens (tertiary/aromatic N) is 1. The Hall–Kier alpha value is -0.270. The van der Waals surface area contributed by atoms with Crippen LogP contribution >= 0.6 is 11.6 Å². The lowest BCUT2D eigenvalue weighted by Gasteiger charge is -2.27. The second-order valence-corrected chi connectivity index (χ2v) is 3.41. The topological polar surface area (TPSA) is 3.24 Å². The lowest BCUT2D eigenvalue weighted by Crippen LogP contribution is -2.33. The maximum Gasteiger partial charge on any atom is 0.0364 e. The molecule has 2 heteroatoms. The van der Waals surface area contributed by atoms with Crippen LogP contribution in [0.1, 0.15) is 20.3 Å². The van der Waals surface area contributed by atoms with Crippen LogP contribution in [-0.4, -0.2) is 24.0 Å². The van der Waals surface area contributed by atoms with E-state index >= 15 is 0 Å². The van der Waals surface area contributed by atoms with E-state index in [2.05, 4.69) is 30.9 Å². The van der Waals surface area contributed by atoms with Crippen molar-refractivity contribution in [2.45, 2.75) is 26.3 Å². The lowest BCUT2D eigenvalue weighted by molar-refractivity contribution is 0.254. The molecule has 0 heterocycles. The second-order valence-electron chi connectivity index (χ2n) is 2.97. The zero-order valence-electron chi connectivity index (χ0n) is 7.76. The van der Waals surface area contributed by atoms with Crippen LogP contribution in [0.2, 0.25) is 0 Å². The van der Waals surface area contributed by atoms with Gasteiger partial charge < -0.3 is 0 Å². The quantitative estimate of drug-likeness (QED) is 0.654. The van der Waals surface area contributed by atoms with Crippen molar-refractivity contribution in [3.8, 4) is 0 Å². The molecule has 1 rings (SSSR count). The minimum atomic E-state index is 0.558. The summed E-state index contributed by atoms with van der Waals surface area (Å²) in [6.45, 7) is 6.60. The summed E-state index contributed by atoms with van der Waals surface area (Å²) in [6, 6.07) is 0.558. The molecule has 0 aromatic heterocycles. The summed E-state index contributed by atoms with van der Waals surface area (Å²) < 4.78 is 0. The molecule has 0 aromatic rings. The van der Waals surface area contributed by atoms with E-state index in [1.54, 1.807) is 0 Å². The molecular formula is C10H16ClN. The minimum absolute atomic E-state index is 0.558. The van der Waals surface area contributed by atoms with Crippen LogP contribution in [0, 0.1) is 0 Å². The fourth-order valence-corrected chi connectivity index (χ4v) is 1.71. The highest BCUT2D eigenvalue weighted by molar-refractivity contribution is 6.31. The number of rotatable bonds is 3. The van der Waals surface area contributed by atoms with E-state index in [9.17, 15) is 0 Å². The van der Waals surface area contributed by atoms with E-state index in [4.69, 9.17) is 11.6 Å². The Kier molecular flexibility index (Phi) is 3.83. The third-order valence-corrected chi connectivity index (χ3v) is 2.59. The van der Waals surface area contributed by atoms with Crippen molar-refractivity contribution < 1.29 is 0 Å². The molecule has 0 N–H and O–H groups in total. The Morgan fingerprint density at radius 2 is 2.17 bits per heavy atom. The summed E-state index contributed by atoms with van der Waals surface area (Å²) in [5, 5.41) is 0.874. The van der Waals surface area contributed by atoms with Gasteiger partial charge in [0.2, 0.25) is 0 Å². The monoisotopic (exact) mass is 185 g/mol. The third-order valence-electron chi connectivity index (χ3n) is 2.31. The fraction of sp³-hybridized carbons (Fsp3) is 0.600. The average Bonchev–Trinajstić information content (AvgIpc) is 2.10. The van der Waals surface area contributed by atoms with Gasteiger partial charge in [0.25, 0.3) is 0 Å². The van der Waals surface area contributed by atoms with Crippen LogP contribution in [0.25, 0.3) is 0 Å². The van der Waals surface area contributed by atoms with Crippen molar-refractivity contribution in [1.82, 2.24) is 4.90 Å². The minimum Gasteiger partial charge on any atom is -0.297 e. The van der Waals surface area contributed by atoms with E-state index < -0.39 is 0 Å². The van der Waals surface area contributed by atoms with Crippen molar-refractivity contribution in [2.75, 3.05) is 13.1 Å². The van der Waals surface area contributed by atoms with E-state index in [-0.39, 0.29) is 0 Å². The number of hydrogen-bond acceptors (Lipinski definition) is 1. The maximum absolute atomic E-state index is 5.83. The van der Waals surface area contributed by atoms with Gasteiger partial charge in [-0.15, -0.1) is 0 Å². The number of likely N-dealkylation sites (N-methyl/N-ethyl adjacent to an activating group) is 1. The van der Waals surface area contributed by atoms with Gasteiger partial charge in [-0.1, -0.05) is 37.6 Å². The number of hydrogen-bond donors (Lipinski definition) is 0. The zero-order chi connectivity index (χ0) is 8.97. The van der Waals surface area contributed by atoms with Crippen molar-refractivity contribution in [1.29, 1.82) is 0 Å². The van der Waals surface area contributed by atoms with Crippen molar-refractivity contribution in [3.63, 3.8) is 0 Å². The van der Waals surface area contributed by atoms with E-state index in [1.807, 2.05) is 6.08 Å². The van der Waals surface area contributed by atoms with E-state index in [1.165, 1.54) is 0 Å². The van der Waals surface area contributed by atoms with Gasteiger partial charge in [0.15, 0.2) is 0 Å². The molecule has 0 aliphatic heterocycles. The molecule has 0 saturated carbocycles. The molecule has 1 aliphatic carbocycles. The van der Waals surface area contributed by atoms with Crippen LogP contribution in [-0.2, 0) is 0 Å². The Balaban J connectivity index is 2.51. The molecule has 0 spiro atoms. The summed E-state index contributed by atoms with van der Waals surface area (Å²) in [4.78, 5) is 2.43. The number of allylic oxidation sites excluding steroid dienone is 2. The van der Waals surface area contributed by atoms with Crippen LogP contribution in [0.15, 0.2) is 23.3 Å². The van der Waals surface area contributed by atoms with E-state index in [0.29, 0.717) is 6.04 Å². The molecule has 68 valence electrons. The van der Waals surface area contributed by atoms with Gasteiger partial charge in [-0.3, -0.25) is 4.90 Å². The summed E-state index contributed by atoms with van der Waals surface area (Å²) >= 11 is 5.83. The Morgan fingerprint density at radius 1 is 1.50 bits per heavy atom. The molecule has 1 nitrogen and oxygen atoms in total. The maximum atomic E-state index is 5.83. The van der Waals surface area contributed by atoms with Gasteiger partial charge in [-0.05, 0) is 25.6 Å². The van der Waals surface area contributed by atoms with Gasteiger partial charge in [0, 0.05) is 11.1 Å². The Labute approximate surface area is 79.7 Å². The van der Waals surface area contributed by atoms with Crippen LogP contribution < -0.4 is 0 Å². The van der Waals surface area contributed by atoms with E-state index in [0.717, 1.165) is 24.5 Å². The average molecular weight is 186 g/mol. The lowest BCUT2D eigenvalue weighted by atomic mass is 10.1. The molecule has 1 unspecified atom stereocenters. The van der Waals surface area contributed by atoms with Crippen LogP contribution in [0.3, 0.4) is 0 Å². The largest absolute Gasteiger partial charge is 0.297 e. The van der Waals surface area contributed by atoms with Crippen molar-refractivity contribution >= 4 is 11.6 Å². The summed E-state index contributed by atoms with van der Waals surface area (Å²) in [5.74, 6) is 0. The summed E-state index contributed by atoms with van der Waals surface area (Å²) in [7, 11) is 0. The number of halogens is 1. The highest BCUT2D eigenvalue weighted by Gasteiger charge is 2.13. The molecule has 0 bridgehead atoms. The predicted octanol–water partition coefficient (Wildman–Crippen LogP) is 2.78. The molecule has 12 heavy (non-hydrogen) atoms. The van der Waals surface area contributed by atoms with Gasteiger partial charge in [-0.2, -0.15) is 0 Å². The molecule has 0 aromatic carbocycles. The third kappa shape index (κ3) is 2.36. The predicted molar refractivity (Wildman–Crippen MR) is 54.4 cm³/mol. The highest BCUT2D eigenvalue weighted by atomic mass is 35.5. The normalized spacial score (nSPS) is 23.0. The molecule has 1 atom stereocenters. The standard InChI is InChI=1S/C10H16ClN/c1-3-12(4-2)10-7-5-9(11)6-8-10/h5-7,10H,3-4,8H2,1-2H3. The molecule has 1 aliphatic rings. The van der Waals surface area contributed by atoms with Crippen LogP contribution in [0.4, 0.5) is 0 Å². The molecule has 0 amide bonds. The SMILES string of the molecule is CCN(CC)C1C=CC(Cl)=CC1. The summed E-state index contributed by atoms with van der Waals surface area (Å²) in [6.07, 6.45) is 7.32. The van der Waals surface area contributed by atoms with Crippen LogP contribution in [0.5, 0.6) is 0 Å². The Morgan fingerprint density at radius 3 is 2.58 bits per heavy atom. The first-order valence-corrected chi connectivity index (χ1v) is 4.93. The van der Waals surface area contributed by atoms with Crippen molar-refractivity contribution in [3.05, 3.63) is 23.3 Å². The molecule has 0 saturated heterocycles. The van der Waals surface area contributed by atoms with Gasteiger partial charge in [0.05, 0.1) is 0 Å². The zero-order valence-corrected chi connectivity index (χ0v) is 8.51. The fourth-order valence-electron chi connectivity index (χ4n) is 1.55. The Bertz CT molecular complexity index is 192.